The fraction of sp³-hybridized carbons (Fsp3) is 0.308. The lowest BCUT2D eigenvalue weighted by molar-refractivity contribution is -0.128. The van der Waals surface area contributed by atoms with Gasteiger partial charge >= 0.3 is 0 Å². The smallest absolute Gasteiger partial charge is 0.242 e. The van der Waals surface area contributed by atoms with Crippen LogP contribution >= 0.6 is 12.2 Å². The number of fused-ring (bicyclic) bond motifs is 1. The van der Waals surface area contributed by atoms with E-state index in [1.165, 1.54) is 19.1 Å². The van der Waals surface area contributed by atoms with Crippen molar-refractivity contribution < 1.29 is 14.3 Å². The number of nitrogens with zero attached hydrogens (tertiary/aromatic N) is 2. The average molecular weight is 278 g/mol. The molecule has 1 unspecified atom stereocenters. The summed E-state index contributed by atoms with van der Waals surface area (Å²) >= 11 is 5.12. The summed E-state index contributed by atoms with van der Waals surface area (Å²) in [6, 6.07) is 0. The number of carbonyl (C=O) groups excluding carboxylic acids is 1. The Hall–Kier alpha value is -1.95. The van der Waals surface area contributed by atoms with Crippen molar-refractivity contribution in [1.29, 1.82) is 0 Å². The molecule has 1 atom stereocenters. The van der Waals surface area contributed by atoms with Crippen molar-refractivity contribution >= 4 is 28.9 Å². The fourth-order valence-corrected chi connectivity index (χ4v) is 2.24. The zero-order valence-electron chi connectivity index (χ0n) is 10.8. The summed E-state index contributed by atoms with van der Waals surface area (Å²) in [4.78, 5) is 18.0. The molecule has 1 heterocycles. The summed E-state index contributed by atoms with van der Waals surface area (Å²) < 4.78 is 10.4. The van der Waals surface area contributed by atoms with Crippen molar-refractivity contribution in [1.82, 2.24) is 4.90 Å². The van der Waals surface area contributed by atoms with Crippen LogP contribution in [0.4, 0.5) is 0 Å². The molecule has 100 valence electrons. The van der Waals surface area contributed by atoms with Crippen molar-refractivity contribution in [3.05, 3.63) is 36.3 Å². The van der Waals surface area contributed by atoms with E-state index >= 15 is 0 Å². The van der Waals surface area contributed by atoms with Crippen molar-refractivity contribution in [3.8, 4) is 0 Å². The lowest BCUT2D eigenvalue weighted by atomic mass is 9.93. The molecule has 1 aliphatic carbocycles. The zero-order chi connectivity index (χ0) is 14.0. The van der Waals surface area contributed by atoms with E-state index in [1.54, 1.807) is 18.2 Å². The first-order chi connectivity index (χ1) is 9.12. The minimum atomic E-state index is -0.486. The van der Waals surface area contributed by atoms with Gasteiger partial charge in [0.25, 0.3) is 0 Å². The number of allylic oxidation sites excluding steroid dienone is 1. The van der Waals surface area contributed by atoms with Gasteiger partial charge in [-0.1, -0.05) is 6.08 Å². The van der Waals surface area contributed by atoms with Crippen LogP contribution in [0, 0.1) is 5.92 Å². The standard InChI is InChI=1S/C13H14N2O3S/c1-4-5-15-12(16)8-6-10(17-2)11(18-3)7-9(8)14-13(15)19/h4,6-8H,1,5H2,2-3H3. The van der Waals surface area contributed by atoms with Gasteiger partial charge in [0.2, 0.25) is 11.0 Å². The van der Waals surface area contributed by atoms with Crippen LogP contribution in [0.5, 0.6) is 0 Å². The maximum absolute atomic E-state index is 12.4. The van der Waals surface area contributed by atoms with E-state index in [9.17, 15) is 4.79 Å². The summed E-state index contributed by atoms with van der Waals surface area (Å²) in [5, 5.41) is 0.247. The minimum Gasteiger partial charge on any atom is -0.493 e. The maximum atomic E-state index is 12.4. The Morgan fingerprint density at radius 1 is 1.47 bits per heavy atom. The van der Waals surface area contributed by atoms with E-state index in [2.05, 4.69) is 11.6 Å². The highest BCUT2D eigenvalue weighted by molar-refractivity contribution is 7.80. The molecule has 1 amide bonds. The van der Waals surface area contributed by atoms with E-state index in [1.807, 2.05) is 0 Å². The minimum absolute atomic E-state index is 0.129. The van der Waals surface area contributed by atoms with Gasteiger partial charge in [0.05, 0.1) is 19.9 Å². The first-order valence-electron chi connectivity index (χ1n) is 5.69. The zero-order valence-corrected chi connectivity index (χ0v) is 11.6. The van der Waals surface area contributed by atoms with Gasteiger partial charge in [0, 0.05) is 12.6 Å². The molecule has 0 fully saturated rings. The second kappa shape index (κ2) is 5.36. The van der Waals surface area contributed by atoms with Crippen LogP contribution in [0.2, 0.25) is 0 Å². The largest absolute Gasteiger partial charge is 0.493 e. The van der Waals surface area contributed by atoms with Crippen molar-refractivity contribution in [2.24, 2.45) is 10.9 Å². The third-order valence-electron chi connectivity index (χ3n) is 2.90. The lowest BCUT2D eigenvalue weighted by Crippen LogP contribution is -2.46. The quantitative estimate of drug-likeness (QED) is 0.576. The number of hydrogen-bond donors (Lipinski definition) is 0. The summed E-state index contributed by atoms with van der Waals surface area (Å²) in [6.07, 6.45) is 4.99. The summed E-state index contributed by atoms with van der Waals surface area (Å²) in [6.45, 7) is 3.96. The predicted molar refractivity (Wildman–Crippen MR) is 75.6 cm³/mol. The van der Waals surface area contributed by atoms with Gasteiger partial charge in [0.1, 0.15) is 5.92 Å². The molecule has 0 spiro atoms. The van der Waals surface area contributed by atoms with Gasteiger partial charge < -0.3 is 9.47 Å². The molecule has 0 aromatic heterocycles. The Bertz CT molecular complexity index is 534. The molecule has 0 aromatic carbocycles. The number of amides is 1. The van der Waals surface area contributed by atoms with Gasteiger partial charge in [0.15, 0.2) is 11.5 Å². The SMILES string of the molecule is C=CCN1C(=O)C2C=C(OC)C(OC)=CC2=NC1=S. The number of rotatable bonds is 4. The van der Waals surface area contributed by atoms with Crippen molar-refractivity contribution in [3.63, 3.8) is 0 Å². The average Bonchev–Trinajstić information content (AvgIpc) is 2.42. The van der Waals surface area contributed by atoms with E-state index < -0.39 is 5.92 Å². The first-order valence-corrected chi connectivity index (χ1v) is 6.10. The van der Waals surface area contributed by atoms with Crippen molar-refractivity contribution in [2.45, 2.75) is 0 Å². The van der Waals surface area contributed by atoms with Gasteiger partial charge in [-0.3, -0.25) is 9.69 Å². The maximum Gasteiger partial charge on any atom is 0.242 e. The van der Waals surface area contributed by atoms with Crippen LogP contribution in [0.3, 0.4) is 0 Å². The molecule has 6 heteroatoms. The van der Waals surface area contributed by atoms with Gasteiger partial charge in [-0.2, -0.15) is 0 Å². The third kappa shape index (κ3) is 2.31. The molecule has 0 aromatic rings. The Balaban J connectivity index is 2.43. The Morgan fingerprint density at radius 2 is 2.16 bits per heavy atom. The molecule has 0 saturated carbocycles. The third-order valence-corrected chi connectivity index (χ3v) is 3.21. The molecule has 0 radical (unpaired) electrons. The van der Waals surface area contributed by atoms with Crippen molar-refractivity contribution in [2.75, 3.05) is 20.8 Å². The van der Waals surface area contributed by atoms with Crippen LogP contribution < -0.4 is 0 Å². The van der Waals surface area contributed by atoms with Crippen LogP contribution in [0.15, 0.2) is 41.3 Å². The molecule has 0 bridgehead atoms. The van der Waals surface area contributed by atoms with E-state index in [4.69, 9.17) is 21.7 Å². The van der Waals surface area contributed by atoms with Crippen LogP contribution in [-0.4, -0.2) is 42.4 Å². The van der Waals surface area contributed by atoms with E-state index in [0.29, 0.717) is 23.8 Å². The highest BCUT2D eigenvalue weighted by Gasteiger charge is 2.36. The molecule has 2 aliphatic rings. The molecule has 2 rings (SSSR count). The van der Waals surface area contributed by atoms with Crippen LogP contribution in [-0.2, 0) is 14.3 Å². The lowest BCUT2D eigenvalue weighted by Gasteiger charge is -2.30. The first kappa shape index (κ1) is 13.5. The summed E-state index contributed by atoms with van der Waals surface area (Å²) in [5.74, 6) is 0.438. The van der Waals surface area contributed by atoms with E-state index in [0.717, 1.165) is 0 Å². The number of methoxy groups -OCH3 is 2. The Morgan fingerprint density at radius 3 is 2.74 bits per heavy atom. The highest BCUT2D eigenvalue weighted by atomic mass is 32.1. The number of thiocarbonyl (C=S) groups is 1. The van der Waals surface area contributed by atoms with Crippen LogP contribution in [0.1, 0.15) is 0 Å². The Kier molecular flexibility index (Phi) is 3.80. The molecule has 0 saturated heterocycles. The molecule has 5 nitrogen and oxygen atoms in total. The van der Waals surface area contributed by atoms with Crippen LogP contribution in [0.25, 0.3) is 0 Å². The molecular formula is C13H14N2O3S. The topological polar surface area (TPSA) is 51.1 Å². The molecule has 1 aliphatic heterocycles. The second-order valence-corrected chi connectivity index (χ2v) is 4.35. The second-order valence-electron chi connectivity index (χ2n) is 3.98. The number of aliphatic imine (C=N–C) groups is 1. The molecule has 19 heavy (non-hydrogen) atoms. The highest BCUT2D eigenvalue weighted by Crippen LogP contribution is 2.27. The number of ether oxygens (including phenoxy) is 2. The van der Waals surface area contributed by atoms with Gasteiger partial charge in [-0.15, -0.1) is 6.58 Å². The number of carbonyl (C=O) groups is 1. The number of hydrogen-bond acceptors (Lipinski definition) is 4. The van der Waals surface area contributed by atoms with Gasteiger partial charge in [-0.05, 0) is 18.3 Å². The predicted octanol–water partition coefficient (Wildman–Crippen LogP) is 1.43. The summed E-state index contributed by atoms with van der Waals surface area (Å²) in [7, 11) is 3.06. The molecular weight excluding hydrogens is 264 g/mol. The van der Waals surface area contributed by atoms with E-state index in [-0.39, 0.29) is 11.0 Å². The van der Waals surface area contributed by atoms with Gasteiger partial charge in [-0.25, -0.2) is 4.99 Å². The normalized spacial score (nSPS) is 22.1. The molecule has 0 N–H and O–H groups in total. The summed E-state index contributed by atoms with van der Waals surface area (Å²) in [5.41, 5.74) is 0.577. The Labute approximate surface area is 116 Å². The monoisotopic (exact) mass is 278 g/mol. The fourth-order valence-electron chi connectivity index (χ4n) is 1.97.